The third-order valence-corrected chi connectivity index (χ3v) is 6.77. The minimum atomic E-state index is -1.02. The second-order valence-electron chi connectivity index (χ2n) is 8.92. The zero-order chi connectivity index (χ0) is 25.4. The van der Waals surface area contributed by atoms with Gasteiger partial charge < -0.3 is 14.6 Å². The average molecular weight is 488 g/mol. The van der Waals surface area contributed by atoms with E-state index < -0.39 is 17.6 Å². The number of piperidine rings is 1. The number of nitrogens with zero attached hydrogens (tertiary/aromatic N) is 5. The average Bonchev–Trinajstić information content (AvgIpc) is 3.19. The van der Waals surface area contributed by atoms with E-state index in [0.717, 1.165) is 5.56 Å². The predicted molar refractivity (Wildman–Crippen MR) is 133 cm³/mol. The maximum Gasteiger partial charge on any atom is 0.407 e. The van der Waals surface area contributed by atoms with Crippen LogP contribution in [0, 0.1) is 12.8 Å². The van der Waals surface area contributed by atoms with Gasteiger partial charge in [-0.3, -0.25) is 19.4 Å². The summed E-state index contributed by atoms with van der Waals surface area (Å²) < 4.78 is 4.13. The van der Waals surface area contributed by atoms with Gasteiger partial charge in [-0.1, -0.05) is 24.3 Å². The molecule has 0 bridgehead atoms. The van der Waals surface area contributed by atoms with Gasteiger partial charge in [0.15, 0.2) is 0 Å². The number of carboxylic acid groups (broad SMARTS) is 1. The quantitative estimate of drug-likeness (QED) is 0.473. The van der Waals surface area contributed by atoms with E-state index in [4.69, 9.17) is 0 Å². The van der Waals surface area contributed by atoms with Crippen molar-refractivity contribution in [2.75, 3.05) is 13.1 Å². The van der Waals surface area contributed by atoms with Gasteiger partial charge in [0.2, 0.25) is 5.91 Å². The van der Waals surface area contributed by atoms with Crippen LogP contribution in [0.25, 0.3) is 16.6 Å². The predicted octanol–water partition coefficient (Wildman–Crippen LogP) is 2.74. The topological polar surface area (TPSA) is 119 Å². The van der Waals surface area contributed by atoms with Crippen molar-refractivity contribution in [1.82, 2.24) is 23.8 Å². The summed E-state index contributed by atoms with van der Waals surface area (Å²) in [6.07, 6.45) is 2.97. The Hall–Kier alpha value is -4.47. The summed E-state index contributed by atoms with van der Waals surface area (Å²) in [5.41, 5.74) is 1.29. The molecule has 0 unspecified atom stereocenters. The van der Waals surface area contributed by atoms with E-state index in [1.165, 1.54) is 24.9 Å². The first-order valence-electron chi connectivity index (χ1n) is 11.7. The summed E-state index contributed by atoms with van der Waals surface area (Å²) in [5, 5.41) is 9.55. The van der Waals surface area contributed by atoms with Gasteiger partial charge in [0.05, 0.1) is 23.1 Å². The van der Waals surface area contributed by atoms with Crippen molar-refractivity contribution in [2.24, 2.45) is 5.92 Å². The fourth-order valence-electron chi connectivity index (χ4n) is 4.87. The fourth-order valence-corrected chi connectivity index (χ4v) is 4.87. The van der Waals surface area contributed by atoms with Crippen LogP contribution < -0.4 is 11.1 Å². The second-order valence-corrected chi connectivity index (χ2v) is 8.92. The molecule has 1 aromatic carbocycles. The maximum atomic E-state index is 13.8. The summed E-state index contributed by atoms with van der Waals surface area (Å²) >= 11 is 0. The molecule has 0 spiro atoms. The molecule has 3 aromatic heterocycles. The molecular weight excluding hydrogens is 462 g/mol. The van der Waals surface area contributed by atoms with E-state index in [-0.39, 0.29) is 36.6 Å². The number of carbonyl (C=O) groups excluding carboxylic acids is 1. The van der Waals surface area contributed by atoms with Crippen LogP contribution in [-0.4, -0.2) is 54.0 Å². The van der Waals surface area contributed by atoms with E-state index in [2.05, 4.69) is 4.98 Å². The van der Waals surface area contributed by atoms with Crippen molar-refractivity contribution in [1.29, 1.82) is 0 Å². The molecule has 5 rings (SSSR count). The Morgan fingerprint density at radius 2 is 1.78 bits per heavy atom. The molecule has 1 aliphatic heterocycles. The number of carbonyl (C=O) groups is 2. The van der Waals surface area contributed by atoms with E-state index in [1.54, 1.807) is 49.6 Å². The van der Waals surface area contributed by atoms with Crippen molar-refractivity contribution in [2.45, 2.75) is 26.3 Å². The van der Waals surface area contributed by atoms with Crippen LogP contribution in [0.3, 0.4) is 0 Å². The Balaban J connectivity index is 1.68. The van der Waals surface area contributed by atoms with Crippen molar-refractivity contribution < 1.29 is 14.7 Å². The van der Waals surface area contributed by atoms with Crippen molar-refractivity contribution >= 4 is 22.9 Å². The van der Waals surface area contributed by atoms with Gasteiger partial charge in [0.25, 0.3) is 11.1 Å². The lowest BCUT2D eigenvalue weighted by Crippen LogP contribution is -2.41. The molecule has 184 valence electrons. The molecule has 36 heavy (non-hydrogen) atoms. The van der Waals surface area contributed by atoms with Gasteiger partial charge in [-0.15, -0.1) is 0 Å². The van der Waals surface area contributed by atoms with Gasteiger partial charge in [0.1, 0.15) is 0 Å². The molecule has 1 aliphatic rings. The summed E-state index contributed by atoms with van der Waals surface area (Å²) in [6, 6.07) is 13.8. The van der Waals surface area contributed by atoms with Crippen LogP contribution in [-0.2, 0) is 6.54 Å². The maximum absolute atomic E-state index is 13.8. The Kier molecular flexibility index (Phi) is 6.01. The number of pyridine rings is 2. The zero-order valence-electron chi connectivity index (χ0n) is 19.7. The van der Waals surface area contributed by atoms with Crippen LogP contribution in [0.5, 0.6) is 0 Å². The molecule has 1 fully saturated rings. The normalized spacial score (nSPS) is 14.3. The van der Waals surface area contributed by atoms with Crippen LogP contribution in [0.1, 0.15) is 28.9 Å². The standard InChI is InChI=1S/C26H25N5O5/c1-17-23-21(14-22(32)29(17)16-18-6-5-11-27-15-18)31(30(25(23)34)20-7-3-2-4-8-20)24(33)19-9-12-28(13-10-19)26(35)36/h2-8,11,14-15,19H,9-10,12-13,16H2,1H3,(H,35,36). The first-order chi connectivity index (χ1) is 17.4. The first kappa shape index (κ1) is 23.3. The fraction of sp³-hybridized carbons (Fsp3) is 0.269. The Bertz CT molecular complexity index is 1560. The lowest BCUT2D eigenvalue weighted by Gasteiger charge is -2.29. The Morgan fingerprint density at radius 3 is 2.42 bits per heavy atom. The number of rotatable bonds is 4. The third-order valence-electron chi connectivity index (χ3n) is 6.77. The van der Waals surface area contributed by atoms with Crippen LogP contribution >= 0.6 is 0 Å². The highest BCUT2D eigenvalue weighted by Crippen LogP contribution is 2.24. The molecule has 1 saturated heterocycles. The smallest absolute Gasteiger partial charge is 0.407 e. The van der Waals surface area contributed by atoms with Gasteiger partial charge >= 0.3 is 6.09 Å². The summed E-state index contributed by atoms with van der Waals surface area (Å²) in [5.74, 6) is -0.816. The van der Waals surface area contributed by atoms with Crippen LogP contribution in [0.15, 0.2) is 70.5 Å². The molecule has 0 radical (unpaired) electrons. The molecule has 0 atom stereocenters. The molecule has 0 aliphatic carbocycles. The Labute approximate surface area is 205 Å². The van der Waals surface area contributed by atoms with Crippen molar-refractivity contribution in [3.63, 3.8) is 0 Å². The van der Waals surface area contributed by atoms with Crippen LogP contribution in [0.4, 0.5) is 4.79 Å². The second kappa shape index (κ2) is 9.29. The SMILES string of the molecule is Cc1c2c(=O)n(-c3ccccc3)n(C(=O)C3CCN(C(=O)O)CC3)c2cc(=O)n1Cc1cccnc1. The van der Waals surface area contributed by atoms with Gasteiger partial charge in [-0.05, 0) is 43.5 Å². The molecule has 4 heterocycles. The molecule has 0 saturated carbocycles. The molecule has 1 N–H and O–H groups in total. The molecule has 10 heteroatoms. The molecule has 4 aromatic rings. The summed E-state index contributed by atoms with van der Waals surface area (Å²) in [4.78, 5) is 57.5. The van der Waals surface area contributed by atoms with Gasteiger partial charge in [0, 0.05) is 43.2 Å². The minimum absolute atomic E-state index is 0.234. The number of benzene rings is 1. The number of aryl methyl sites for hydroxylation is 1. The lowest BCUT2D eigenvalue weighted by molar-refractivity contribution is 0.0719. The van der Waals surface area contributed by atoms with E-state index in [9.17, 15) is 24.3 Å². The number of fused-ring (bicyclic) bond motifs is 1. The number of hydrogen-bond acceptors (Lipinski definition) is 5. The molecular formula is C26H25N5O5. The third kappa shape index (κ3) is 4.00. The number of hydrogen-bond donors (Lipinski definition) is 1. The highest BCUT2D eigenvalue weighted by molar-refractivity contribution is 5.93. The number of aromatic nitrogens is 4. The first-order valence-corrected chi connectivity index (χ1v) is 11.7. The van der Waals surface area contributed by atoms with Crippen molar-refractivity contribution in [3.05, 3.63) is 92.9 Å². The number of para-hydroxylation sites is 1. The molecule has 10 nitrogen and oxygen atoms in total. The van der Waals surface area contributed by atoms with Gasteiger partial charge in [-0.25, -0.2) is 14.2 Å². The van der Waals surface area contributed by atoms with E-state index in [1.807, 2.05) is 12.1 Å². The summed E-state index contributed by atoms with van der Waals surface area (Å²) in [6.45, 7) is 2.41. The number of amides is 1. The minimum Gasteiger partial charge on any atom is -0.465 e. The van der Waals surface area contributed by atoms with Gasteiger partial charge in [-0.2, -0.15) is 0 Å². The Morgan fingerprint density at radius 1 is 1.06 bits per heavy atom. The monoisotopic (exact) mass is 487 g/mol. The largest absolute Gasteiger partial charge is 0.465 e. The summed E-state index contributed by atoms with van der Waals surface area (Å²) in [7, 11) is 0. The zero-order valence-corrected chi connectivity index (χ0v) is 19.7. The van der Waals surface area contributed by atoms with Crippen LogP contribution in [0.2, 0.25) is 0 Å². The van der Waals surface area contributed by atoms with E-state index >= 15 is 0 Å². The van der Waals surface area contributed by atoms with E-state index in [0.29, 0.717) is 29.6 Å². The lowest BCUT2D eigenvalue weighted by atomic mass is 9.96. The highest BCUT2D eigenvalue weighted by Gasteiger charge is 2.32. The highest BCUT2D eigenvalue weighted by atomic mass is 16.4. The number of likely N-dealkylation sites (tertiary alicyclic amines) is 1. The molecule has 1 amide bonds. The van der Waals surface area contributed by atoms with Crippen molar-refractivity contribution in [3.8, 4) is 5.69 Å².